The molecule has 0 saturated carbocycles. The van der Waals surface area contributed by atoms with E-state index in [2.05, 4.69) is 5.32 Å². The summed E-state index contributed by atoms with van der Waals surface area (Å²) < 4.78 is 27.7. The van der Waals surface area contributed by atoms with Gasteiger partial charge in [-0.1, -0.05) is 48.4 Å². The Labute approximate surface area is 122 Å². The molecule has 0 heterocycles. The van der Waals surface area contributed by atoms with Crippen molar-refractivity contribution in [3.8, 4) is 0 Å². The maximum Gasteiger partial charge on any atom is 0.142 e. The van der Waals surface area contributed by atoms with Crippen LogP contribution in [0.2, 0.25) is 5.02 Å². The van der Waals surface area contributed by atoms with Gasteiger partial charge in [0.15, 0.2) is 0 Å². The van der Waals surface area contributed by atoms with E-state index in [1.165, 1.54) is 12.1 Å². The second-order valence-electron chi connectivity index (χ2n) is 4.66. The van der Waals surface area contributed by atoms with Crippen LogP contribution in [-0.2, 0) is 0 Å². The molecule has 0 spiro atoms. The van der Waals surface area contributed by atoms with Crippen molar-refractivity contribution in [2.24, 2.45) is 0 Å². The molecule has 0 radical (unpaired) electrons. The molecule has 0 aromatic heterocycles. The Balaban J connectivity index is 2.56. The first-order valence-electron chi connectivity index (χ1n) is 6.48. The first-order chi connectivity index (χ1) is 9.54. The predicted molar refractivity (Wildman–Crippen MR) is 78.1 cm³/mol. The van der Waals surface area contributed by atoms with Crippen LogP contribution in [-0.4, -0.2) is 6.54 Å². The molecule has 1 unspecified atom stereocenters. The normalized spacial score (nSPS) is 12.4. The zero-order valence-electron chi connectivity index (χ0n) is 11.4. The Kier molecular flexibility index (Phi) is 4.73. The van der Waals surface area contributed by atoms with E-state index in [4.69, 9.17) is 11.6 Å². The SMILES string of the molecule is CCNC(c1cc(C)ccc1F)c1cccc(F)c1Cl. The summed E-state index contributed by atoms with van der Waals surface area (Å²) in [6.07, 6.45) is 0. The van der Waals surface area contributed by atoms with E-state index in [1.807, 2.05) is 13.8 Å². The first-order valence-corrected chi connectivity index (χ1v) is 6.85. The van der Waals surface area contributed by atoms with Crippen molar-refractivity contribution >= 4 is 11.6 Å². The predicted octanol–water partition coefficient (Wildman–Crippen LogP) is 4.63. The summed E-state index contributed by atoms with van der Waals surface area (Å²) in [6, 6.07) is 8.99. The number of aryl methyl sites for hydroxylation is 1. The molecular formula is C16H16ClF2N. The third-order valence-corrected chi connectivity index (χ3v) is 3.56. The topological polar surface area (TPSA) is 12.0 Å². The maximum absolute atomic E-state index is 14.1. The van der Waals surface area contributed by atoms with Crippen molar-refractivity contribution < 1.29 is 8.78 Å². The molecule has 0 aliphatic carbocycles. The lowest BCUT2D eigenvalue weighted by molar-refractivity contribution is 0.554. The van der Waals surface area contributed by atoms with Crippen LogP contribution in [0, 0.1) is 18.6 Å². The average molecular weight is 296 g/mol. The van der Waals surface area contributed by atoms with Crippen LogP contribution in [0.5, 0.6) is 0 Å². The molecule has 2 rings (SSSR count). The Hall–Kier alpha value is -1.45. The van der Waals surface area contributed by atoms with E-state index < -0.39 is 11.9 Å². The standard InChI is InChI=1S/C16H16ClF2N/c1-3-20-16(11-5-4-6-14(19)15(11)17)12-9-10(2)7-8-13(12)18/h4-9,16,20H,3H2,1-2H3. The van der Waals surface area contributed by atoms with E-state index in [1.54, 1.807) is 24.3 Å². The number of benzene rings is 2. The van der Waals surface area contributed by atoms with E-state index in [-0.39, 0.29) is 10.8 Å². The Morgan fingerprint density at radius 2 is 1.85 bits per heavy atom. The minimum Gasteiger partial charge on any atom is -0.306 e. The smallest absolute Gasteiger partial charge is 0.142 e. The number of hydrogen-bond donors (Lipinski definition) is 1. The van der Waals surface area contributed by atoms with E-state index in [0.717, 1.165) is 5.56 Å². The quantitative estimate of drug-likeness (QED) is 0.867. The van der Waals surface area contributed by atoms with Crippen LogP contribution in [0.15, 0.2) is 36.4 Å². The lowest BCUT2D eigenvalue weighted by Gasteiger charge is -2.21. The lowest BCUT2D eigenvalue weighted by Crippen LogP contribution is -2.23. The first kappa shape index (κ1) is 14.9. The third-order valence-electron chi connectivity index (χ3n) is 3.16. The van der Waals surface area contributed by atoms with Gasteiger partial charge in [0.2, 0.25) is 0 Å². The van der Waals surface area contributed by atoms with Crippen molar-refractivity contribution in [1.82, 2.24) is 5.32 Å². The zero-order chi connectivity index (χ0) is 14.7. The summed E-state index contributed by atoms with van der Waals surface area (Å²) in [5.41, 5.74) is 1.95. The fourth-order valence-corrected chi connectivity index (χ4v) is 2.45. The molecule has 1 nitrogen and oxygen atoms in total. The largest absolute Gasteiger partial charge is 0.306 e. The van der Waals surface area contributed by atoms with Crippen molar-refractivity contribution in [3.05, 3.63) is 69.7 Å². The second kappa shape index (κ2) is 6.33. The highest BCUT2D eigenvalue weighted by Gasteiger charge is 2.21. The lowest BCUT2D eigenvalue weighted by atomic mass is 9.96. The number of nitrogens with one attached hydrogen (secondary N) is 1. The summed E-state index contributed by atoms with van der Waals surface area (Å²) in [5, 5.41) is 3.19. The third kappa shape index (κ3) is 3.00. The molecule has 106 valence electrons. The molecule has 2 aromatic rings. The highest BCUT2D eigenvalue weighted by atomic mass is 35.5. The molecule has 4 heteroatoms. The highest BCUT2D eigenvalue weighted by molar-refractivity contribution is 6.31. The van der Waals surface area contributed by atoms with Gasteiger partial charge in [-0.2, -0.15) is 0 Å². The summed E-state index contributed by atoms with van der Waals surface area (Å²) in [5.74, 6) is -0.831. The summed E-state index contributed by atoms with van der Waals surface area (Å²) >= 11 is 6.03. The van der Waals surface area contributed by atoms with Crippen molar-refractivity contribution in [3.63, 3.8) is 0 Å². The van der Waals surface area contributed by atoms with Crippen molar-refractivity contribution in [2.45, 2.75) is 19.9 Å². The van der Waals surface area contributed by atoms with Crippen molar-refractivity contribution in [2.75, 3.05) is 6.54 Å². The van der Waals surface area contributed by atoms with Gasteiger partial charge in [0.1, 0.15) is 11.6 Å². The molecule has 1 N–H and O–H groups in total. The number of hydrogen-bond acceptors (Lipinski definition) is 1. The van der Waals surface area contributed by atoms with Crippen LogP contribution < -0.4 is 5.32 Å². The number of halogens is 3. The minimum absolute atomic E-state index is 0.0272. The Bertz CT molecular complexity index is 611. The molecule has 0 saturated heterocycles. The molecule has 1 atom stereocenters. The molecular weight excluding hydrogens is 280 g/mol. The van der Waals surface area contributed by atoms with Gasteiger partial charge in [0.05, 0.1) is 11.1 Å². The van der Waals surface area contributed by atoms with Gasteiger partial charge in [-0.05, 0) is 31.2 Å². The van der Waals surface area contributed by atoms with Gasteiger partial charge < -0.3 is 5.32 Å². The molecule has 0 aliphatic rings. The van der Waals surface area contributed by atoms with Gasteiger partial charge >= 0.3 is 0 Å². The highest BCUT2D eigenvalue weighted by Crippen LogP contribution is 2.31. The monoisotopic (exact) mass is 295 g/mol. The van der Waals surface area contributed by atoms with Gasteiger partial charge in [-0.15, -0.1) is 0 Å². The summed E-state index contributed by atoms with van der Waals surface area (Å²) in [4.78, 5) is 0. The van der Waals surface area contributed by atoms with E-state index >= 15 is 0 Å². The summed E-state index contributed by atoms with van der Waals surface area (Å²) in [7, 11) is 0. The molecule has 0 aliphatic heterocycles. The van der Waals surface area contributed by atoms with Crippen LogP contribution in [0.1, 0.15) is 29.7 Å². The van der Waals surface area contributed by atoms with Crippen LogP contribution in [0.3, 0.4) is 0 Å². The molecule has 2 aromatic carbocycles. The van der Waals surface area contributed by atoms with Crippen LogP contribution >= 0.6 is 11.6 Å². The molecule has 0 fully saturated rings. The van der Waals surface area contributed by atoms with Gasteiger partial charge in [0.25, 0.3) is 0 Å². The van der Waals surface area contributed by atoms with Gasteiger partial charge in [0, 0.05) is 5.56 Å². The Morgan fingerprint density at radius 3 is 2.55 bits per heavy atom. The molecule has 20 heavy (non-hydrogen) atoms. The van der Waals surface area contributed by atoms with Gasteiger partial charge in [-0.25, -0.2) is 8.78 Å². The van der Waals surface area contributed by atoms with E-state index in [0.29, 0.717) is 17.7 Å². The Morgan fingerprint density at radius 1 is 1.10 bits per heavy atom. The van der Waals surface area contributed by atoms with Crippen LogP contribution in [0.4, 0.5) is 8.78 Å². The van der Waals surface area contributed by atoms with Crippen molar-refractivity contribution in [1.29, 1.82) is 0 Å². The minimum atomic E-state index is -0.500. The fraction of sp³-hybridized carbons (Fsp3) is 0.250. The number of rotatable bonds is 4. The zero-order valence-corrected chi connectivity index (χ0v) is 12.1. The molecule has 0 amide bonds. The average Bonchev–Trinajstić information content (AvgIpc) is 2.43. The van der Waals surface area contributed by atoms with E-state index in [9.17, 15) is 8.78 Å². The van der Waals surface area contributed by atoms with Gasteiger partial charge in [-0.3, -0.25) is 0 Å². The summed E-state index contributed by atoms with van der Waals surface area (Å²) in [6.45, 7) is 4.41. The second-order valence-corrected chi connectivity index (χ2v) is 5.04. The maximum atomic E-state index is 14.1. The van der Waals surface area contributed by atoms with Crippen LogP contribution in [0.25, 0.3) is 0 Å². The fourth-order valence-electron chi connectivity index (χ4n) is 2.22. The molecule has 0 bridgehead atoms.